The SMILES string of the molecule is Cc1nc(COc2cccc(C(=O)N3CCOCC3CC(=O)O)c2)cs1. The molecule has 7 nitrogen and oxygen atoms in total. The maximum absolute atomic E-state index is 12.8. The van der Waals surface area contributed by atoms with Crippen LogP contribution in [0.15, 0.2) is 29.6 Å². The van der Waals surface area contributed by atoms with E-state index in [0.717, 1.165) is 10.7 Å². The van der Waals surface area contributed by atoms with Gasteiger partial charge in [0.25, 0.3) is 5.91 Å². The van der Waals surface area contributed by atoms with Gasteiger partial charge in [0, 0.05) is 17.5 Å². The molecule has 138 valence electrons. The van der Waals surface area contributed by atoms with Gasteiger partial charge in [0.15, 0.2) is 0 Å². The Balaban J connectivity index is 1.69. The zero-order valence-electron chi connectivity index (χ0n) is 14.4. The van der Waals surface area contributed by atoms with Crippen LogP contribution in [0.1, 0.15) is 27.5 Å². The van der Waals surface area contributed by atoms with Crippen molar-refractivity contribution in [3.05, 3.63) is 45.9 Å². The molecular formula is C18H20N2O5S. The molecule has 0 aliphatic carbocycles. The number of carbonyl (C=O) groups is 2. The van der Waals surface area contributed by atoms with Crippen LogP contribution < -0.4 is 4.74 Å². The minimum Gasteiger partial charge on any atom is -0.487 e. The van der Waals surface area contributed by atoms with Crippen LogP contribution in [-0.4, -0.2) is 52.7 Å². The van der Waals surface area contributed by atoms with Crippen LogP contribution in [0.4, 0.5) is 0 Å². The zero-order chi connectivity index (χ0) is 18.5. The molecule has 26 heavy (non-hydrogen) atoms. The lowest BCUT2D eigenvalue weighted by atomic mass is 10.1. The van der Waals surface area contributed by atoms with Gasteiger partial charge in [0.1, 0.15) is 12.4 Å². The molecule has 1 aromatic carbocycles. The third-order valence-corrected chi connectivity index (χ3v) is 4.86. The van der Waals surface area contributed by atoms with Crippen LogP contribution in [0.2, 0.25) is 0 Å². The molecule has 3 rings (SSSR count). The van der Waals surface area contributed by atoms with Gasteiger partial charge in [0.05, 0.1) is 36.4 Å². The molecule has 1 saturated heterocycles. The second kappa shape index (κ2) is 8.29. The summed E-state index contributed by atoms with van der Waals surface area (Å²) >= 11 is 1.56. The Bertz CT molecular complexity index is 791. The second-order valence-corrected chi connectivity index (χ2v) is 7.06. The molecule has 1 N–H and O–H groups in total. The van der Waals surface area contributed by atoms with Crippen molar-refractivity contribution in [3.8, 4) is 5.75 Å². The quantitative estimate of drug-likeness (QED) is 0.832. The van der Waals surface area contributed by atoms with Crippen LogP contribution in [-0.2, 0) is 16.1 Å². The number of carbonyl (C=O) groups excluding carboxylic acids is 1. The minimum atomic E-state index is -0.950. The van der Waals surface area contributed by atoms with Crippen molar-refractivity contribution in [2.24, 2.45) is 0 Å². The number of aryl methyl sites for hydroxylation is 1. The number of morpholine rings is 1. The summed E-state index contributed by atoms with van der Waals surface area (Å²) in [6.45, 7) is 3.28. The highest BCUT2D eigenvalue weighted by Gasteiger charge is 2.29. The lowest BCUT2D eigenvalue weighted by molar-refractivity contribution is -0.139. The van der Waals surface area contributed by atoms with Crippen molar-refractivity contribution >= 4 is 23.2 Å². The summed E-state index contributed by atoms with van der Waals surface area (Å²) in [6, 6.07) is 6.45. The lowest BCUT2D eigenvalue weighted by Crippen LogP contribution is -2.49. The van der Waals surface area contributed by atoms with E-state index in [9.17, 15) is 9.59 Å². The molecule has 2 aromatic rings. The number of thiazole rings is 1. The summed E-state index contributed by atoms with van der Waals surface area (Å²) in [7, 11) is 0. The molecule has 0 bridgehead atoms. The first kappa shape index (κ1) is 18.3. The molecule has 1 aliphatic heterocycles. The van der Waals surface area contributed by atoms with E-state index in [1.165, 1.54) is 0 Å². The van der Waals surface area contributed by atoms with Crippen molar-refractivity contribution in [1.29, 1.82) is 0 Å². The molecule has 1 unspecified atom stereocenters. The molecule has 1 fully saturated rings. The fraction of sp³-hybridized carbons (Fsp3) is 0.389. The van der Waals surface area contributed by atoms with E-state index < -0.39 is 12.0 Å². The van der Waals surface area contributed by atoms with E-state index in [4.69, 9.17) is 14.6 Å². The third-order valence-electron chi connectivity index (χ3n) is 4.03. The maximum atomic E-state index is 12.8. The Hall–Kier alpha value is -2.45. The van der Waals surface area contributed by atoms with Gasteiger partial charge in [-0.15, -0.1) is 11.3 Å². The number of ether oxygens (including phenoxy) is 2. The number of hydrogen-bond acceptors (Lipinski definition) is 6. The van der Waals surface area contributed by atoms with E-state index >= 15 is 0 Å². The predicted octanol–water partition coefficient (Wildman–Crippen LogP) is 2.35. The number of nitrogens with zero attached hydrogens (tertiary/aromatic N) is 2. The highest BCUT2D eigenvalue weighted by molar-refractivity contribution is 7.09. The fourth-order valence-electron chi connectivity index (χ4n) is 2.81. The van der Waals surface area contributed by atoms with E-state index in [1.54, 1.807) is 40.5 Å². The monoisotopic (exact) mass is 376 g/mol. The standard InChI is InChI=1S/C18H20N2O5S/c1-12-19-14(11-26-12)9-25-16-4-2-3-13(7-16)18(23)20-5-6-24-10-15(20)8-17(21)22/h2-4,7,11,15H,5-6,8-10H2,1H3,(H,21,22). The van der Waals surface area contributed by atoms with Gasteiger partial charge >= 0.3 is 5.97 Å². The molecule has 1 aliphatic rings. The molecule has 1 aromatic heterocycles. The van der Waals surface area contributed by atoms with E-state index in [2.05, 4.69) is 4.98 Å². The number of benzene rings is 1. The number of aromatic nitrogens is 1. The van der Waals surface area contributed by atoms with Gasteiger partial charge in [-0.05, 0) is 25.1 Å². The number of aliphatic carboxylic acids is 1. The summed E-state index contributed by atoms with van der Waals surface area (Å²) in [5, 5.41) is 12.0. The molecule has 0 saturated carbocycles. The van der Waals surface area contributed by atoms with Gasteiger partial charge < -0.3 is 19.5 Å². The maximum Gasteiger partial charge on any atom is 0.305 e. The Morgan fingerprint density at radius 3 is 3.04 bits per heavy atom. The first-order valence-electron chi connectivity index (χ1n) is 8.27. The average Bonchev–Trinajstić information content (AvgIpc) is 3.05. The van der Waals surface area contributed by atoms with Gasteiger partial charge in [-0.3, -0.25) is 9.59 Å². The molecular weight excluding hydrogens is 356 g/mol. The molecule has 1 atom stereocenters. The molecule has 2 heterocycles. The highest BCUT2D eigenvalue weighted by Crippen LogP contribution is 2.20. The lowest BCUT2D eigenvalue weighted by Gasteiger charge is -2.34. The number of rotatable bonds is 6. The van der Waals surface area contributed by atoms with Crippen LogP contribution in [0.5, 0.6) is 5.75 Å². The normalized spacial score (nSPS) is 17.1. The molecule has 0 spiro atoms. The number of amides is 1. The van der Waals surface area contributed by atoms with Crippen LogP contribution in [0.3, 0.4) is 0 Å². The summed E-state index contributed by atoms with van der Waals surface area (Å²) < 4.78 is 11.1. The smallest absolute Gasteiger partial charge is 0.305 e. The first-order chi connectivity index (χ1) is 12.5. The zero-order valence-corrected chi connectivity index (χ0v) is 15.2. The summed E-state index contributed by atoms with van der Waals surface area (Å²) in [5.41, 5.74) is 1.31. The first-order valence-corrected chi connectivity index (χ1v) is 9.15. The van der Waals surface area contributed by atoms with Crippen molar-refractivity contribution in [1.82, 2.24) is 9.88 Å². The van der Waals surface area contributed by atoms with E-state index in [-0.39, 0.29) is 18.9 Å². The third kappa shape index (κ3) is 4.59. The van der Waals surface area contributed by atoms with Crippen molar-refractivity contribution < 1.29 is 24.2 Å². The average molecular weight is 376 g/mol. The number of carboxylic acids is 1. The van der Waals surface area contributed by atoms with Crippen LogP contribution in [0, 0.1) is 6.92 Å². The fourth-order valence-corrected chi connectivity index (χ4v) is 3.41. The molecule has 8 heteroatoms. The molecule has 0 radical (unpaired) electrons. The molecule has 1 amide bonds. The summed E-state index contributed by atoms with van der Waals surface area (Å²) in [4.78, 5) is 29.8. The van der Waals surface area contributed by atoms with Crippen molar-refractivity contribution in [3.63, 3.8) is 0 Å². The largest absolute Gasteiger partial charge is 0.487 e. The van der Waals surface area contributed by atoms with E-state index in [0.29, 0.717) is 31.1 Å². The Labute approximate surface area is 155 Å². The van der Waals surface area contributed by atoms with E-state index in [1.807, 2.05) is 12.3 Å². The summed E-state index contributed by atoms with van der Waals surface area (Å²) in [5.74, 6) is -0.590. The topological polar surface area (TPSA) is 89.0 Å². The van der Waals surface area contributed by atoms with Crippen molar-refractivity contribution in [2.75, 3.05) is 19.8 Å². The summed E-state index contributed by atoms with van der Waals surface area (Å²) in [6.07, 6.45) is -0.134. The Morgan fingerprint density at radius 2 is 2.31 bits per heavy atom. The number of carboxylic acid groups (broad SMARTS) is 1. The van der Waals surface area contributed by atoms with Gasteiger partial charge in [-0.2, -0.15) is 0 Å². The predicted molar refractivity (Wildman–Crippen MR) is 95.5 cm³/mol. The Kier molecular flexibility index (Phi) is 5.85. The highest BCUT2D eigenvalue weighted by atomic mass is 32.1. The van der Waals surface area contributed by atoms with Crippen LogP contribution in [0.25, 0.3) is 0 Å². The second-order valence-electron chi connectivity index (χ2n) is 6.00. The van der Waals surface area contributed by atoms with Crippen molar-refractivity contribution in [2.45, 2.75) is 26.0 Å². The van der Waals surface area contributed by atoms with Gasteiger partial charge in [0.2, 0.25) is 0 Å². The Morgan fingerprint density at radius 1 is 1.46 bits per heavy atom. The van der Waals surface area contributed by atoms with Crippen LogP contribution >= 0.6 is 11.3 Å². The van der Waals surface area contributed by atoms with Gasteiger partial charge in [-0.1, -0.05) is 6.07 Å². The number of hydrogen-bond donors (Lipinski definition) is 1. The minimum absolute atomic E-state index is 0.134. The van der Waals surface area contributed by atoms with Gasteiger partial charge in [-0.25, -0.2) is 4.98 Å².